The van der Waals surface area contributed by atoms with Crippen LogP contribution in [0.15, 0.2) is 36.5 Å². The molecule has 8 nitrogen and oxygen atoms in total. The van der Waals surface area contributed by atoms with Gasteiger partial charge in [-0.25, -0.2) is 14.1 Å². The fraction of sp³-hybridized carbons (Fsp3) is 0.500. The van der Waals surface area contributed by atoms with Crippen LogP contribution in [-0.4, -0.2) is 56.8 Å². The Bertz CT molecular complexity index is 1200. The Balaban J connectivity index is 1.33. The molecular formula is C26H33FN7O+. The number of anilines is 1. The molecule has 184 valence electrons. The maximum atomic E-state index is 13.8. The van der Waals surface area contributed by atoms with Crippen molar-refractivity contribution in [3.8, 4) is 11.4 Å². The van der Waals surface area contributed by atoms with Crippen molar-refractivity contribution in [3.05, 3.63) is 53.7 Å². The molecule has 1 aliphatic carbocycles. The van der Waals surface area contributed by atoms with E-state index in [0.717, 1.165) is 43.1 Å². The summed E-state index contributed by atoms with van der Waals surface area (Å²) in [5.41, 5.74) is 1.35. The van der Waals surface area contributed by atoms with Gasteiger partial charge in [-0.1, -0.05) is 24.4 Å². The van der Waals surface area contributed by atoms with E-state index in [2.05, 4.69) is 16.1 Å². The van der Waals surface area contributed by atoms with Crippen LogP contribution in [-0.2, 0) is 18.4 Å². The summed E-state index contributed by atoms with van der Waals surface area (Å²) >= 11 is 0. The number of hydrogen-bond donors (Lipinski definition) is 0. The quantitative estimate of drug-likeness (QED) is 0.528. The van der Waals surface area contributed by atoms with Crippen molar-refractivity contribution in [1.82, 2.24) is 24.8 Å². The van der Waals surface area contributed by atoms with Crippen molar-refractivity contribution in [2.45, 2.75) is 51.5 Å². The number of nitrogens with zero attached hydrogens (tertiary/aromatic N) is 7. The lowest BCUT2D eigenvalue weighted by Crippen LogP contribution is -2.53. The van der Waals surface area contributed by atoms with Gasteiger partial charge in [0.2, 0.25) is 5.91 Å². The predicted molar refractivity (Wildman–Crippen MR) is 130 cm³/mol. The average Bonchev–Trinajstić information content (AvgIpc) is 3.30. The molecule has 1 aliphatic heterocycles. The number of carbonyl (C=O) groups excluding carboxylic acids is 1. The molecule has 0 N–H and O–H groups in total. The molecule has 2 fully saturated rings. The topological polar surface area (TPSA) is 71.0 Å². The van der Waals surface area contributed by atoms with Crippen molar-refractivity contribution in [2.75, 3.05) is 31.1 Å². The summed E-state index contributed by atoms with van der Waals surface area (Å²) in [4.78, 5) is 22.4. The molecule has 0 atom stereocenters. The first-order chi connectivity index (χ1) is 17.0. The monoisotopic (exact) mass is 478 g/mol. The number of hydrogen-bond acceptors (Lipinski definition) is 5. The van der Waals surface area contributed by atoms with Crippen molar-refractivity contribution >= 4 is 11.7 Å². The van der Waals surface area contributed by atoms with Gasteiger partial charge in [0.25, 0.3) is 5.82 Å². The molecule has 3 aromatic rings. The number of rotatable bonds is 5. The first kappa shape index (κ1) is 23.4. The zero-order chi connectivity index (χ0) is 24.4. The first-order valence-corrected chi connectivity index (χ1v) is 12.5. The van der Waals surface area contributed by atoms with Crippen LogP contribution in [0.1, 0.15) is 49.4 Å². The smallest absolute Gasteiger partial charge is 0.297 e. The normalized spacial score (nSPS) is 17.1. The Morgan fingerprint density at radius 1 is 1.11 bits per heavy atom. The second-order valence-corrected chi connectivity index (χ2v) is 9.62. The fourth-order valence-electron chi connectivity index (χ4n) is 5.20. The summed E-state index contributed by atoms with van der Waals surface area (Å²) in [7, 11) is 1.94. The van der Waals surface area contributed by atoms with Crippen molar-refractivity contribution in [3.63, 3.8) is 0 Å². The van der Waals surface area contributed by atoms with E-state index in [-0.39, 0.29) is 18.3 Å². The summed E-state index contributed by atoms with van der Waals surface area (Å²) in [5.74, 6) is 2.63. The molecule has 3 heterocycles. The Morgan fingerprint density at radius 3 is 2.60 bits per heavy atom. The van der Waals surface area contributed by atoms with Crippen LogP contribution in [0.5, 0.6) is 0 Å². The minimum absolute atomic E-state index is 0.0593. The van der Waals surface area contributed by atoms with Crippen LogP contribution < -0.4 is 9.58 Å². The summed E-state index contributed by atoms with van der Waals surface area (Å²) < 4.78 is 17.5. The Morgan fingerprint density at radius 2 is 1.89 bits per heavy atom. The van der Waals surface area contributed by atoms with Crippen molar-refractivity contribution < 1.29 is 13.9 Å². The van der Waals surface area contributed by atoms with Crippen LogP contribution in [0.3, 0.4) is 0 Å². The zero-order valence-electron chi connectivity index (χ0n) is 20.5. The summed E-state index contributed by atoms with van der Waals surface area (Å²) in [6, 6.07) is 8.93. The molecule has 1 saturated carbocycles. The van der Waals surface area contributed by atoms with Gasteiger partial charge in [0.1, 0.15) is 38.3 Å². The standard InChI is InChI=1S/C26H33FN7O/c1-19-17-21(10-11-22(19)27)25-29-26(20-7-4-3-5-8-20)34(30-25)18-24(35)33-15-13-32(14-16-33)23-9-6-12-28-31(23)2/h6,9-12,17,20H,3-5,7-8,13-16,18H2,1-2H3/q+1. The van der Waals surface area contributed by atoms with Crippen LogP contribution >= 0.6 is 0 Å². The molecule has 1 amide bonds. The Labute approximate surface area is 205 Å². The summed E-state index contributed by atoms with van der Waals surface area (Å²) in [6.07, 6.45) is 7.49. The third kappa shape index (κ3) is 5.04. The number of benzene rings is 1. The highest BCUT2D eigenvalue weighted by molar-refractivity contribution is 5.76. The molecule has 5 rings (SSSR count). The second-order valence-electron chi connectivity index (χ2n) is 9.62. The highest BCUT2D eigenvalue weighted by Crippen LogP contribution is 2.33. The summed E-state index contributed by atoms with van der Waals surface area (Å²) in [6.45, 7) is 4.76. The number of aromatic nitrogens is 5. The van der Waals surface area contributed by atoms with E-state index in [4.69, 9.17) is 10.1 Å². The van der Waals surface area contributed by atoms with Crippen LogP contribution in [0.2, 0.25) is 0 Å². The van der Waals surface area contributed by atoms with Gasteiger partial charge < -0.3 is 4.90 Å². The minimum atomic E-state index is -0.241. The third-order valence-electron chi connectivity index (χ3n) is 7.23. The number of carbonyl (C=O) groups is 1. The molecule has 1 saturated heterocycles. The van der Waals surface area contributed by atoms with Gasteiger partial charge >= 0.3 is 0 Å². The van der Waals surface area contributed by atoms with Crippen molar-refractivity contribution in [1.29, 1.82) is 0 Å². The second kappa shape index (κ2) is 10.1. The van der Waals surface area contributed by atoms with E-state index in [1.54, 1.807) is 29.9 Å². The lowest BCUT2D eigenvalue weighted by molar-refractivity contribution is -0.718. The van der Waals surface area contributed by atoms with Gasteiger partial charge in [0.05, 0.1) is 19.3 Å². The molecule has 35 heavy (non-hydrogen) atoms. The molecule has 0 radical (unpaired) electrons. The highest BCUT2D eigenvalue weighted by Gasteiger charge is 2.29. The average molecular weight is 479 g/mol. The highest BCUT2D eigenvalue weighted by atomic mass is 19.1. The summed E-state index contributed by atoms with van der Waals surface area (Å²) in [5, 5.41) is 9.06. The Kier molecular flexibility index (Phi) is 6.74. The molecule has 1 aromatic carbocycles. The fourth-order valence-corrected chi connectivity index (χ4v) is 5.20. The number of piperazine rings is 1. The van der Waals surface area contributed by atoms with Crippen LogP contribution in [0.25, 0.3) is 11.4 Å². The molecular weight excluding hydrogens is 445 g/mol. The van der Waals surface area contributed by atoms with Gasteiger partial charge in [0.15, 0.2) is 5.82 Å². The maximum Gasteiger partial charge on any atom is 0.297 e. The van der Waals surface area contributed by atoms with Gasteiger partial charge in [-0.3, -0.25) is 9.69 Å². The van der Waals surface area contributed by atoms with E-state index in [9.17, 15) is 9.18 Å². The maximum absolute atomic E-state index is 13.8. The predicted octanol–water partition coefficient (Wildman–Crippen LogP) is 3.01. The van der Waals surface area contributed by atoms with Crippen LogP contribution in [0, 0.1) is 12.7 Å². The SMILES string of the molecule is Cc1cc(-c2nc(C3CCCCC3)n(CC(=O)N3CCN(c4cccn[n+]4C)CC3)n2)ccc1F. The number of aryl methyl sites for hydroxylation is 2. The van der Waals surface area contributed by atoms with E-state index < -0.39 is 0 Å². The lowest BCUT2D eigenvalue weighted by atomic mass is 9.88. The van der Waals surface area contributed by atoms with Gasteiger partial charge in [0, 0.05) is 17.5 Å². The molecule has 0 spiro atoms. The first-order valence-electron chi connectivity index (χ1n) is 12.5. The molecule has 9 heteroatoms. The molecule has 2 aromatic heterocycles. The number of halogens is 1. The minimum Gasteiger partial charge on any atom is -0.333 e. The number of amides is 1. The largest absolute Gasteiger partial charge is 0.333 e. The lowest BCUT2D eigenvalue weighted by Gasteiger charge is -2.31. The molecule has 0 bridgehead atoms. The van der Waals surface area contributed by atoms with E-state index >= 15 is 0 Å². The van der Waals surface area contributed by atoms with Gasteiger partial charge in [-0.2, -0.15) is 5.10 Å². The molecule has 2 aliphatic rings. The Hall–Kier alpha value is -3.36. The van der Waals surface area contributed by atoms with E-state index in [1.165, 1.54) is 25.3 Å². The molecule has 0 unspecified atom stereocenters. The van der Waals surface area contributed by atoms with E-state index in [0.29, 0.717) is 30.4 Å². The third-order valence-corrected chi connectivity index (χ3v) is 7.23. The van der Waals surface area contributed by atoms with Crippen LogP contribution in [0.4, 0.5) is 10.2 Å². The zero-order valence-corrected chi connectivity index (χ0v) is 20.5. The van der Waals surface area contributed by atoms with Crippen molar-refractivity contribution in [2.24, 2.45) is 7.05 Å². The van der Waals surface area contributed by atoms with Gasteiger partial charge in [-0.05, 0) is 49.6 Å². The van der Waals surface area contributed by atoms with E-state index in [1.807, 2.05) is 22.7 Å². The van der Waals surface area contributed by atoms with Gasteiger partial charge in [-0.15, -0.1) is 4.68 Å².